The third-order valence-corrected chi connectivity index (χ3v) is 6.88. The Hall–Kier alpha value is -2.48. The van der Waals surface area contributed by atoms with Crippen LogP contribution in [0.3, 0.4) is 0 Å². The molecule has 2 fully saturated rings. The Balaban J connectivity index is 1.34. The highest BCUT2D eigenvalue weighted by Crippen LogP contribution is 2.50. The van der Waals surface area contributed by atoms with Crippen molar-refractivity contribution >= 4 is 16.9 Å². The van der Waals surface area contributed by atoms with Crippen LogP contribution in [0.25, 0.3) is 11.0 Å². The highest BCUT2D eigenvalue weighted by atomic mass is 16.3. The summed E-state index contributed by atoms with van der Waals surface area (Å²) in [7, 11) is 0. The zero-order valence-corrected chi connectivity index (χ0v) is 16.3. The summed E-state index contributed by atoms with van der Waals surface area (Å²) in [5.74, 6) is 0.431. The molecule has 0 amide bonds. The molecule has 0 unspecified atom stereocenters. The largest absolute Gasteiger partial charge is 0.390 e. The highest BCUT2D eigenvalue weighted by molar-refractivity contribution is 5.86. The number of nitrogens with two attached hydrogens (primary N) is 1. The minimum absolute atomic E-state index is 0.230. The number of nitrogens with one attached hydrogen (secondary N) is 1. The fourth-order valence-corrected chi connectivity index (χ4v) is 5.30. The number of hydrogen-bond acceptors (Lipinski definition) is 6. The molecular formula is C22H27N5O2. The van der Waals surface area contributed by atoms with Crippen molar-refractivity contribution in [1.82, 2.24) is 19.9 Å². The fourth-order valence-electron chi connectivity index (χ4n) is 5.30. The van der Waals surface area contributed by atoms with Gasteiger partial charge in [0.1, 0.15) is 23.9 Å². The maximum Gasteiger partial charge on any atom is 0.145 e. The molecule has 7 nitrogen and oxygen atoms in total. The maximum atomic E-state index is 11.0. The van der Waals surface area contributed by atoms with Crippen LogP contribution < -0.4 is 11.1 Å². The van der Waals surface area contributed by atoms with Gasteiger partial charge in [-0.15, -0.1) is 0 Å². The number of nitrogen functional groups attached to an aromatic ring is 1. The SMILES string of the molecule is Nc1ncnc2c1ccn2[C@@H]1C[C@@]2(CN[C@H](CCc3ccccc3)C2)[C@@H](O)[C@H]1O. The molecule has 7 heteroatoms. The van der Waals surface area contributed by atoms with E-state index in [1.165, 1.54) is 11.9 Å². The summed E-state index contributed by atoms with van der Waals surface area (Å²) in [5, 5.41) is 26.3. The van der Waals surface area contributed by atoms with Crippen LogP contribution in [0.5, 0.6) is 0 Å². The lowest BCUT2D eigenvalue weighted by molar-refractivity contribution is -0.0218. The van der Waals surface area contributed by atoms with E-state index in [4.69, 9.17) is 5.73 Å². The number of nitrogens with zero attached hydrogens (tertiary/aromatic N) is 3. The van der Waals surface area contributed by atoms with Crippen molar-refractivity contribution in [1.29, 1.82) is 0 Å². The summed E-state index contributed by atoms with van der Waals surface area (Å²) in [6, 6.07) is 12.5. The predicted octanol–water partition coefficient (Wildman–Crippen LogP) is 1.66. The summed E-state index contributed by atoms with van der Waals surface area (Å²) < 4.78 is 1.95. The molecule has 1 saturated heterocycles. The number of benzene rings is 1. The second kappa shape index (κ2) is 7.09. The Morgan fingerprint density at radius 2 is 1.97 bits per heavy atom. The van der Waals surface area contributed by atoms with Crippen molar-refractivity contribution in [3.63, 3.8) is 0 Å². The number of aliphatic hydroxyl groups excluding tert-OH is 2. The van der Waals surface area contributed by atoms with E-state index in [0.29, 0.717) is 23.9 Å². The minimum Gasteiger partial charge on any atom is -0.390 e. The summed E-state index contributed by atoms with van der Waals surface area (Å²) in [6.07, 6.45) is 5.34. The van der Waals surface area contributed by atoms with Gasteiger partial charge in [-0.05, 0) is 37.3 Å². The first-order valence-corrected chi connectivity index (χ1v) is 10.3. The van der Waals surface area contributed by atoms with Crippen molar-refractivity contribution in [2.45, 2.75) is 50.0 Å². The minimum atomic E-state index is -0.837. The average Bonchev–Trinajstić information content (AvgIpc) is 3.41. The molecule has 3 heterocycles. The lowest BCUT2D eigenvalue weighted by Gasteiger charge is -2.27. The van der Waals surface area contributed by atoms with Gasteiger partial charge in [0.05, 0.1) is 17.5 Å². The molecule has 1 aliphatic heterocycles. The molecule has 2 aliphatic rings. The van der Waals surface area contributed by atoms with Gasteiger partial charge in [-0.2, -0.15) is 0 Å². The summed E-state index contributed by atoms with van der Waals surface area (Å²) in [6.45, 7) is 0.720. The predicted molar refractivity (Wildman–Crippen MR) is 111 cm³/mol. The molecule has 0 radical (unpaired) electrons. The zero-order valence-electron chi connectivity index (χ0n) is 16.3. The van der Waals surface area contributed by atoms with Gasteiger partial charge in [0.15, 0.2) is 0 Å². The molecule has 5 rings (SSSR count). The van der Waals surface area contributed by atoms with Gasteiger partial charge >= 0.3 is 0 Å². The van der Waals surface area contributed by atoms with E-state index in [0.717, 1.165) is 31.2 Å². The summed E-state index contributed by atoms with van der Waals surface area (Å²) in [5.41, 5.74) is 7.68. The van der Waals surface area contributed by atoms with E-state index < -0.39 is 12.2 Å². The van der Waals surface area contributed by atoms with Gasteiger partial charge in [-0.1, -0.05) is 30.3 Å². The van der Waals surface area contributed by atoms with Crippen molar-refractivity contribution < 1.29 is 10.2 Å². The molecule has 5 N–H and O–H groups in total. The van der Waals surface area contributed by atoms with E-state index in [9.17, 15) is 10.2 Å². The molecule has 152 valence electrons. The number of hydrogen-bond donors (Lipinski definition) is 4. The van der Waals surface area contributed by atoms with Crippen molar-refractivity contribution in [3.8, 4) is 0 Å². The maximum absolute atomic E-state index is 11.0. The van der Waals surface area contributed by atoms with E-state index >= 15 is 0 Å². The second-order valence-corrected chi connectivity index (χ2v) is 8.59. The standard InChI is InChI=1S/C22H27N5O2/c23-20-16-8-9-27(21(16)26-13-25-20)17-11-22(19(29)18(17)28)10-15(24-12-22)7-6-14-4-2-1-3-5-14/h1-5,8-9,13,15,17-19,24,28-29H,6-7,10-12H2,(H2,23,25,26)/t15-,17-,18+,19+,22+/m1/s1. The second-order valence-electron chi connectivity index (χ2n) is 8.59. The number of aryl methyl sites for hydroxylation is 1. The van der Waals surface area contributed by atoms with Crippen LogP contribution in [0.1, 0.15) is 30.9 Å². The van der Waals surface area contributed by atoms with E-state index in [-0.39, 0.29) is 11.5 Å². The van der Waals surface area contributed by atoms with Crippen LogP contribution in [0.2, 0.25) is 0 Å². The molecular weight excluding hydrogens is 366 g/mol. The van der Waals surface area contributed by atoms with Crippen molar-refractivity contribution in [2.75, 3.05) is 12.3 Å². The first-order valence-electron chi connectivity index (χ1n) is 10.3. The Labute approximate surface area is 169 Å². The van der Waals surface area contributed by atoms with Crippen molar-refractivity contribution in [2.24, 2.45) is 5.41 Å². The van der Waals surface area contributed by atoms with Crippen LogP contribution in [0.4, 0.5) is 5.82 Å². The van der Waals surface area contributed by atoms with Crippen LogP contribution in [-0.2, 0) is 6.42 Å². The summed E-state index contributed by atoms with van der Waals surface area (Å²) >= 11 is 0. The van der Waals surface area contributed by atoms with Crippen LogP contribution in [-0.4, -0.2) is 49.5 Å². The molecule has 2 aromatic heterocycles. The van der Waals surface area contributed by atoms with Gasteiger partial charge in [0.2, 0.25) is 0 Å². The van der Waals surface area contributed by atoms with E-state index in [2.05, 4.69) is 39.6 Å². The smallest absolute Gasteiger partial charge is 0.145 e. The third-order valence-electron chi connectivity index (χ3n) is 6.88. The van der Waals surface area contributed by atoms with E-state index in [1.54, 1.807) is 0 Å². The van der Waals surface area contributed by atoms with Gasteiger partial charge in [0.25, 0.3) is 0 Å². The van der Waals surface area contributed by atoms with Crippen molar-refractivity contribution in [3.05, 3.63) is 54.5 Å². The first kappa shape index (κ1) is 18.5. The molecule has 1 aliphatic carbocycles. The highest BCUT2D eigenvalue weighted by Gasteiger charge is 2.56. The molecule has 0 bridgehead atoms. The Bertz CT molecular complexity index is 1010. The van der Waals surface area contributed by atoms with Gasteiger partial charge in [-0.25, -0.2) is 9.97 Å². The summed E-state index contributed by atoms with van der Waals surface area (Å²) in [4.78, 5) is 8.40. The molecule has 1 aromatic carbocycles. The fraction of sp³-hybridized carbons (Fsp3) is 0.455. The number of anilines is 1. The Morgan fingerprint density at radius 3 is 2.79 bits per heavy atom. The number of aliphatic hydroxyl groups is 2. The molecule has 3 aromatic rings. The normalized spacial score (nSPS) is 31.8. The number of fused-ring (bicyclic) bond motifs is 1. The lowest BCUT2D eigenvalue weighted by atomic mass is 9.80. The van der Waals surface area contributed by atoms with Crippen LogP contribution in [0, 0.1) is 5.41 Å². The quantitative estimate of drug-likeness (QED) is 0.537. The van der Waals surface area contributed by atoms with E-state index in [1.807, 2.05) is 22.9 Å². The zero-order chi connectivity index (χ0) is 20.0. The third kappa shape index (κ3) is 3.10. The average molecular weight is 393 g/mol. The van der Waals surface area contributed by atoms with Gasteiger partial charge in [-0.3, -0.25) is 0 Å². The topological polar surface area (TPSA) is 109 Å². The monoisotopic (exact) mass is 393 g/mol. The lowest BCUT2D eigenvalue weighted by Crippen LogP contribution is -2.38. The molecule has 29 heavy (non-hydrogen) atoms. The Kier molecular flexibility index (Phi) is 4.53. The van der Waals surface area contributed by atoms with Crippen LogP contribution in [0.15, 0.2) is 48.9 Å². The van der Waals surface area contributed by atoms with Gasteiger partial charge < -0.3 is 25.8 Å². The number of aromatic nitrogens is 3. The molecule has 1 saturated carbocycles. The molecule has 1 spiro atoms. The number of rotatable bonds is 4. The van der Waals surface area contributed by atoms with Crippen LogP contribution >= 0.6 is 0 Å². The first-order chi connectivity index (χ1) is 14.1. The Morgan fingerprint density at radius 1 is 1.14 bits per heavy atom. The van der Waals surface area contributed by atoms with Gasteiger partial charge in [0, 0.05) is 24.2 Å². The molecule has 5 atom stereocenters.